The molecule has 1 heterocycles. The van der Waals surface area contributed by atoms with Crippen LogP contribution in [0.3, 0.4) is 0 Å². The first-order valence-corrected chi connectivity index (χ1v) is 7.30. The van der Waals surface area contributed by atoms with E-state index in [0.29, 0.717) is 25.9 Å². The number of hydrogen-bond donors (Lipinski definition) is 2. The quantitative estimate of drug-likeness (QED) is 0.828. The summed E-state index contributed by atoms with van der Waals surface area (Å²) in [5.74, 6) is -1.15. The number of benzene rings is 1. The van der Waals surface area contributed by atoms with E-state index < -0.39 is 30.5 Å². The summed E-state index contributed by atoms with van der Waals surface area (Å²) in [4.78, 5) is 13.5. The Morgan fingerprint density at radius 3 is 2.48 bits per heavy atom. The van der Waals surface area contributed by atoms with E-state index in [2.05, 4.69) is 5.32 Å². The van der Waals surface area contributed by atoms with Gasteiger partial charge in [-0.2, -0.15) is 13.2 Å². The van der Waals surface area contributed by atoms with Crippen molar-refractivity contribution in [1.29, 1.82) is 0 Å². The zero-order valence-corrected chi connectivity index (χ0v) is 12.3. The SMILES string of the molecule is O=C(NC1CCN(C[C@H](O)C(F)(F)F)CC1)c1ccccc1F. The number of hydrogen-bond acceptors (Lipinski definition) is 3. The van der Waals surface area contributed by atoms with Gasteiger partial charge in [-0.05, 0) is 25.0 Å². The van der Waals surface area contributed by atoms with E-state index in [9.17, 15) is 22.4 Å². The third-order valence-corrected chi connectivity index (χ3v) is 3.85. The number of rotatable bonds is 4. The first-order chi connectivity index (χ1) is 10.8. The average Bonchev–Trinajstić information content (AvgIpc) is 2.48. The molecule has 1 fully saturated rings. The number of carbonyl (C=O) groups is 1. The van der Waals surface area contributed by atoms with E-state index in [4.69, 9.17) is 5.11 Å². The minimum absolute atomic E-state index is 0.0533. The zero-order valence-electron chi connectivity index (χ0n) is 12.3. The van der Waals surface area contributed by atoms with Gasteiger partial charge in [-0.3, -0.25) is 4.79 Å². The van der Waals surface area contributed by atoms with Crippen LogP contribution in [0.1, 0.15) is 23.2 Å². The fourth-order valence-electron chi connectivity index (χ4n) is 2.52. The molecule has 0 spiro atoms. The molecule has 1 atom stereocenters. The molecule has 1 aromatic carbocycles. The second kappa shape index (κ2) is 7.27. The monoisotopic (exact) mass is 334 g/mol. The van der Waals surface area contributed by atoms with Gasteiger partial charge in [0.1, 0.15) is 5.82 Å². The Morgan fingerprint density at radius 2 is 1.91 bits per heavy atom. The minimum Gasteiger partial charge on any atom is -0.382 e. The van der Waals surface area contributed by atoms with Crippen molar-refractivity contribution < 1.29 is 27.5 Å². The maximum absolute atomic E-state index is 13.5. The number of halogens is 4. The molecule has 1 amide bonds. The normalized spacial score (nSPS) is 18.7. The molecule has 0 radical (unpaired) electrons. The highest BCUT2D eigenvalue weighted by Gasteiger charge is 2.39. The molecule has 0 unspecified atom stereocenters. The average molecular weight is 334 g/mol. The van der Waals surface area contributed by atoms with Crippen LogP contribution < -0.4 is 5.32 Å². The molecule has 1 saturated heterocycles. The zero-order chi connectivity index (χ0) is 17.0. The van der Waals surface area contributed by atoms with Crippen LogP contribution in [-0.2, 0) is 0 Å². The van der Waals surface area contributed by atoms with Crippen molar-refractivity contribution in [2.75, 3.05) is 19.6 Å². The van der Waals surface area contributed by atoms with Crippen LogP contribution in [0.25, 0.3) is 0 Å². The standard InChI is InChI=1S/C15H18F4N2O2/c16-12-4-2-1-3-11(12)14(23)20-10-5-7-21(8-6-10)9-13(22)15(17,18)19/h1-4,10,13,22H,5-9H2,(H,20,23)/t13-/m0/s1. The molecule has 23 heavy (non-hydrogen) atoms. The Morgan fingerprint density at radius 1 is 1.30 bits per heavy atom. The molecule has 2 N–H and O–H groups in total. The Bertz CT molecular complexity index is 543. The van der Waals surface area contributed by atoms with Crippen molar-refractivity contribution in [2.24, 2.45) is 0 Å². The maximum atomic E-state index is 13.5. The van der Waals surface area contributed by atoms with Gasteiger partial charge in [-0.15, -0.1) is 0 Å². The van der Waals surface area contributed by atoms with Crippen LogP contribution in [0.4, 0.5) is 17.6 Å². The molecular formula is C15H18F4N2O2. The lowest BCUT2D eigenvalue weighted by molar-refractivity contribution is -0.208. The summed E-state index contributed by atoms with van der Waals surface area (Å²) >= 11 is 0. The summed E-state index contributed by atoms with van der Waals surface area (Å²) in [7, 11) is 0. The summed E-state index contributed by atoms with van der Waals surface area (Å²) in [5, 5.41) is 11.7. The highest BCUT2D eigenvalue weighted by atomic mass is 19.4. The third-order valence-electron chi connectivity index (χ3n) is 3.85. The van der Waals surface area contributed by atoms with Crippen LogP contribution >= 0.6 is 0 Å². The molecular weight excluding hydrogens is 316 g/mol. The third kappa shape index (κ3) is 4.90. The molecule has 0 bridgehead atoms. The van der Waals surface area contributed by atoms with E-state index in [-0.39, 0.29) is 11.6 Å². The first-order valence-electron chi connectivity index (χ1n) is 7.30. The van der Waals surface area contributed by atoms with E-state index in [1.807, 2.05) is 0 Å². The van der Waals surface area contributed by atoms with Crippen molar-refractivity contribution in [1.82, 2.24) is 10.2 Å². The van der Waals surface area contributed by atoms with E-state index in [0.717, 1.165) is 0 Å². The Balaban J connectivity index is 1.81. The lowest BCUT2D eigenvalue weighted by Gasteiger charge is -2.33. The van der Waals surface area contributed by atoms with Crippen LogP contribution in [-0.4, -0.2) is 53.9 Å². The number of aliphatic hydroxyl groups excluding tert-OH is 1. The predicted molar refractivity (Wildman–Crippen MR) is 75.4 cm³/mol. The summed E-state index contributed by atoms with van der Waals surface area (Å²) in [6.07, 6.45) is -6.10. The van der Waals surface area contributed by atoms with Crippen molar-refractivity contribution in [3.8, 4) is 0 Å². The molecule has 2 rings (SSSR count). The van der Waals surface area contributed by atoms with Gasteiger partial charge in [0, 0.05) is 25.7 Å². The van der Waals surface area contributed by atoms with Crippen molar-refractivity contribution in [3.05, 3.63) is 35.6 Å². The van der Waals surface area contributed by atoms with Gasteiger partial charge in [0.25, 0.3) is 5.91 Å². The minimum atomic E-state index is -4.63. The molecule has 4 nitrogen and oxygen atoms in total. The van der Waals surface area contributed by atoms with Crippen molar-refractivity contribution in [2.45, 2.75) is 31.2 Å². The number of nitrogens with one attached hydrogen (secondary N) is 1. The fraction of sp³-hybridized carbons (Fsp3) is 0.533. The number of amides is 1. The van der Waals surface area contributed by atoms with Crippen LogP contribution in [0, 0.1) is 5.82 Å². The molecule has 1 aliphatic rings. The molecule has 0 saturated carbocycles. The topological polar surface area (TPSA) is 52.6 Å². The molecule has 128 valence electrons. The fourth-order valence-corrected chi connectivity index (χ4v) is 2.52. The van der Waals surface area contributed by atoms with E-state index >= 15 is 0 Å². The summed E-state index contributed by atoms with van der Waals surface area (Å²) in [6.45, 7) is 0.183. The highest BCUT2D eigenvalue weighted by molar-refractivity contribution is 5.94. The number of likely N-dealkylation sites (tertiary alicyclic amines) is 1. The van der Waals surface area contributed by atoms with E-state index in [1.165, 1.54) is 23.1 Å². The lowest BCUT2D eigenvalue weighted by Crippen LogP contribution is -2.48. The lowest BCUT2D eigenvalue weighted by atomic mass is 10.0. The van der Waals surface area contributed by atoms with Crippen LogP contribution in [0.15, 0.2) is 24.3 Å². The Labute approximate surface area is 131 Å². The van der Waals surface area contributed by atoms with Gasteiger partial charge < -0.3 is 15.3 Å². The smallest absolute Gasteiger partial charge is 0.382 e. The maximum Gasteiger partial charge on any atom is 0.415 e. The second-order valence-corrected chi connectivity index (χ2v) is 5.59. The largest absolute Gasteiger partial charge is 0.415 e. The van der Waals surface area contributed by atoms with Gasteiger partial charge in [-0.25, -0.2) is 4.39 Å². The molecule has 1 aliphatic heterocycles. The molecule has 0 aliphatic carbocycles. The number of β-amino-alcohol motifs (C(OH)–C–C–N with tert-alkyl or cyclic N) is 1. The Hall–Kier alpha value is -1.67. The molecule has 1 aromatic rings. The summed E-state index contributed by atoms with van der Waals surface area (Å²) < 4.78 is 50.4. The van der Waals surface area contributed by atoms with Crippen molar-refractivity contribution in [3.63, 3.8) is 0 Å². The van der Waals surface area contributed by atoms with E-state index in [1.54, 1.807) is 6.07 Å². The van der Waals surface area contributed by atoms with Gasteiger partial charge in [0.05, 0.1) is 5.56 Å². The molecule has 0 aromatic heterocycles. The van der Waals surface area contributed by atoms with Crippen LogP contribution in [0.5, 0.6) is 0 Å². The summed E-state index contributed by atoms with van der Waals surface area (Å²) in [5.41, 5.74) is -0.0533. The van der Waals surface area contributed by atoms with Crippen LogP contribution in [0.2, 0.25) is 0 Å². The predicted octanol–water partition coefficient (Wildman–Crippen LogP) is 1.94. The highest BCUT2D eigenvalue weighted by Crippen LogP contribution is 2.22. The second-order valence-electron chi connectivity index (χ2n) is 5.59. The van der Waals surface area contributed by atoms with Gasteiger partial charge in [-0.1, -0.05) is 12.1 Å². The van der Waals surface area contributed by atoms with Gasteiger partial charge in [0.15, 0.2) is 6.10 Å². The number of carbonyl (C=O) groups excluding carboxylic acids is 1. The molecule has 8 heteroatoms. The number of alkyl halides is 3. The Kier molecular flexibility index (Phi) is 5.59. The summed E-state index contributed by atoms with van der Waals surface area (Å²) in [6, 6.07) is 5.38. The first kappa shape index (κ1) is 17.7. The number of nitrogens with zero attached hydrogens (tertiary/aromatic N) is 1. The van der Waals surface area contributed by atoms with Gasteiger partial charge >= 0.3 is 6.18 Å². The van der Waals surface area contributed by atoms with Crippen molar-refractivity contribution >= 4 is 5.91 Å². The number of piperidine rings is 1. The van der Waals surface area contributed by atoms with Gasteiger partial charge in [0.2, 0.25) is 0 Å². The number of aliphatic hydroxyl groups is 1.